The van der Waals surface area contributed by atoms with Crippen molar-refractivity contribution < 1.29 is 29.7 Å². The first-order valence-corrected chi connectivity index (χ1v) is 12.2. The maximum atomic E-state index is 12.8. The number of rotatable bonds is 11. The standard InChI is InChI=1S/C28H32N4O6/c1-2-7-21-10-6-11-22(27(21)36)17-29-30-25(33)19-32-15-14-31(18-20-8-4-3-5-9-20)13-12-24(32)23(28(37)38)16-26(34)35/h2-6,8-11,16-17,24,36H,1,7,12-15,18-19H2,(H,30,33)(H,34,35)(H,37,38)/b23-16+,29-17+. The zero-order chi connectivity index (χ0) is 27.5. The minimum atomic E-state index is -1.36. The van der Waals surface area contributed by atoms with Crippen molar-refractivity contribution in [1.29, 1.82) is 0 Å². The van der Waals surface area contributed by atoms with Crippen molar-refractivity contribution in [3.63, 3.8) is 0 Å². The fraction of sp³-hybridized carbons (Fsp3) is 0.286. The number of allylic oxidation sites excluding steroid dienone is 1. The Morgan fingerprint density at radius 1 is 1.05 bits per heavy atom. The van der Waals surface area contributed by atoms with Gasteiger partial charge in [0.2, 0.25) is 0 Å². The number of carboxylic acids is 2. The molecule has 2 aromatic carbocycles. The fourth-order valence-electron chi connectivity index (χ4n) is 4.43. The highest BCUT2D eigenvalue weighted by Crippen LogP contribution is 2.22. The maximum absolute atomic E-state index is 12.8. The molecule has 0 aliphatic carbocycles. The predicted octanol–water partition coefficient (Wildman–Crippen LogP) is 2.24. The molecule has 200 valence electrons. The summed E-state index contributed by atoms with van der Waals surface area (Å²) in [5, 5.41) is 33.3. The highest BCUT2D eigenvalue weighted by atomic mass is 16.4. The van der Waals surface area contributed by atoms with Crippen LogP contribution in [-0.4, -0.2) is 81.4 Å². The van der Waals surface area contributed by atoms with Gasteiger partial charge in [-0.05, 0) is 30.0 Å². The van der Waals surface area contributed by atoms with Crippen molar-refractivity contribution in [3.8, 4) is 5.75 Å². The molecule has 1 aliphatic heterocycles. The number of aromatic hydroxyl groups is 1. The molecule has 1 saturated heterocycles. The number of phenols is 1. The summed E-state index contributed by atoms with van der Waals surface area (Å²) in [6.07, 6.45) is 4.50. The van der Waals surface area contributed by atoms with Crippen LogP contribution in [0.4, 0.5) is 0 Å². The summed E-state index contributed by atoms with van der Waals surface area (Å²) in [4.78, 5) is 39.9. The molecule has 1 atom stereocenters. The second-order valence-electron chi connectivity index (χ2n) is 8.92. The Bertz CT molecular complexity index is 1210. The number of phenolic OH excluding ortho intramolecular Hbond substituents is 1. The number of hydrazone groups is 1. The van der Waals surface area contributed by atoms with Crippen LogP contribution < -0.4 is 5.43 Å². The third-order valence-electron chi connectivity index (χ3n) is 6.25. The third-order valence-corrected chi connectivity index (χ3v) is 6.25. The molecule has 0 radical (unpaired) electrons. The molecule has 0 spiro atoms. The van der Waals surface area contributed by atoms with E-state index < -0.39 is 23.9 Å². The molecule has 1 fully saturated rings. The lowest BCUT2D eigenvalue weighted by Crippen LogP contribution is -2.45. The summed E-state index contributed by atoms with van der Waals surface area (Å²) in [7, 11) is 0. The molecule has 2 aromatic rings. The van der Waals surface area contributed by atoms with Crippen LogP contribution in [0.2, 0.25) is 0 Å². The smallest absolute Gasteiger partial charge is 0.333 e. The van der Waals surface area contributed by atoms with Crippen molar-refractivity contribution in [3.05, 3.63) is 89.5 Å². The number of aliphatic carboxylic acids is 2. The number of para-hydroxylation sites is 1. The highest BCUT2D eigenvalue weighted by molar-refractivity contribution is 5.95. The van der Waals surface area contributed by atoms with Gasteiger partial charge < -0.3 is 15.3 Å². The number of carboxylic acid groups (broad SMARTS) is 2. The second-order valence-corrected chi connectivity index (χ2v) is 8.92. The van der Waals surface area contributed by atoms with Crippen LogP contribution in [-0.2, 0) is 27.3 Å². The number of benzene rings is 2. The minimum absolute atomic E-state index is 0.0430. The Kier molecular flexibility index (Phi) is 10.3. The molecule has 0 saturated carbocycles. The summed E-state index contributed by atoms with van der Waals surface area (Å²) >= 11 is 0. The van der Waals surface area contributed by atoms with Crippen molar-refractivity contribution in [1.82, 2.24) is 15.2 Å². The zero-order valence-electron chi connectivity index (χ0n) is 21.0. The molecular formula is C28H32N4O6. The van der Waals surface area contributed by atoms with Crippen molar-refractivity contribution >= 4 is 24.1 Å². The normalized spacial score (nSPS) is 17.2. The quantitative estimate of drug-likeness (QED) is 0.153. The van der Waals surface area contributed by atoms with Crippen LogP contribution in [0.15, 0.2) is 77.9 Å². The van der Waals surface area contributed by atoms with Gasteiger partial charge in [-0.25, -0.2) is 15.0 Å². The van der Waals surface area contributed by atoms with Gasteiger partial charge in [0.25, 0.3) is 5.91 Å². The Balaban J connectivity index is 1.73. The molecule has 38 heavy (non-hydrogen) atoms. The van der Waals surface area contributed by atoms with Gasteiger partial charge in [0.15, 0.2) is 0 Å². The zero-order valence-corrected chi connectivity index (χ0v) is 21.0. The van der Waals surface area contributed by atoms with Gasteiger partial charge in [0.05, 0.1) is 18.3 Å². The van der Waals surface area contributed by atoms with E-state index in [4.69, 9.17) is 0 Å². The van der Waals surface area contributed by atoms with E-state index in [1.165, 1.54) is 6.21 Å². The lowest BCUT2D eigenvalue weighted by Gasteiger charge is -2.28. The number of amides is 1. The van der Waals surface area contributed by atoms with E-state index in [1.54, 1.807) is 29.2 Å². The molecule has 1 unspecified atom stereocenters. The summed E-state index contributed by atoms with van der Waals surface area (Å²) in [6.45, 7) is 5.57. The van der Waals surface area contributed by atoms with E-state index in [-0.39, 0.29) is 17.9 Å². The van der Waals surface area contributed by atoms with Gasteiger partial charge in [0.1, 0.15) is 5.75 Å². The van der Waals surface area contributed by atoms with E-state index >= 15 is 0 Å². The van der Waals surface area contributed by atoms with Gasteiger partial charge in [-0.1, -0.05) is 48.5 Å². The largest absolute Gasteiger partial charge is 0.507 e. The molecule has 3 rings (SSSR count). The Hall–Kier alpha value is -4.28. The lowest BCUT2D eigenvalue weighted by atomic mass is 10.0. The van der Waals surface area contributed by atoms with Crippen molar-refractivity contribution in [2.75, 3.05) is 26.2 Å². The highest BCUT2D eigenvalue weighted by Gasteiger charge is 2.32. The topological polar surface area (TPSA) is 143 Å². The molecular weight excluding hydrogens is 488 g/mol. The van der Waals surface area contributed by atoms with Crippen LogP contribution in [0.25, 0.3) is 0 Å². The number of hydrogen-bond acceptors (Lipinski definition) is 7. The number of nitrogens with zero attached hydrogens (tertiary/aromatic N) is 3. The number of carbonyl (C=O) groups excluding carboxylic acids is 1. The molecule has 0 bridgehead atoms. The van der Waals surface area contributed by atoms with Crippen molar-refractivity contribution in [2.45, 2.75) is 25.4 Å². The van der Waals surface area contributed by atoms with Crippen LogP contribution in [0.1, 0.15) is 23.1 Å². The molecule has 1 aliphatic rings. The van der Waals surface area contributed by atoms with Gasteiger partial charge in [-0.3, -0.25) is 14.6 Å². The van der Waals surface area contributed by atoms with Crippen LogP contribution in [0.5, 0.6) is 5.75 Å². The Morgan fingerprint density at radius 2 is 1.82 bits per heavy atom. The average molecular weight is 521 g/mol. The van der Waals surface area contributed by atoms with E-state index in [2.05, 4.69) is 22.0 Å². The number of carbonyl (C=O) groups is 3. The second kappa shape index (κ2) is 13.9. The van der Waals surface area contributed by atoms with Crippen LogP contribution in [0, 0.1) is 0 Å². The first-order chi connectivity index (χ1) is 18.3. The number of nitrogens with one attached hydrogen (secondary N) is 1. The molecule has 10 nitrogen and oxygen atoms in total. The average Bonchev–Trinajstić information content (AvgIpc) is 3.07. The molecule has 10 heteroatoms. The molecule has 0 aromatic heterocycles. The van der Waals surface area contributed by atoms with Gasteiger partial charge >= 0.3 is 11.9 Å². The Labute approximate surface area is 221 Å². The molecule has 1 heterocycles. The summed E-state index contributed by atoms with van der Waals surface area (Å²) < 4.78 is 0. The summed E-state index contributed by atoms with van der Waals surface area (Å²) in [5.74, 6) is -3.15. The monoisotopic (exact) mass is 520 g/mol. The lowest BCUT2D eigenvalue weighted by molar-refractivity contribution is -0.136. The summed E-state index contributed by atoms with van der Waals surface area (Å²) in [6, 6.07) is 14.2. The molecule has 1 amide bonds. The molecule has 4 N–H and O–H groups in total. The van der Waals surface area contributed by atoms with E-state index in [9.17, 15) is 29.7 Å². The SMILES string of the molecule is C=CCc1cccc(/C=N/NC(=O)CN2CCN(Cc3ccccc3)CCC2/C(=C\C(=O)O)C(=O)O)c1O. The van der Waals surface area contributed by atoms with E-state index in [0.29, 0.717) is 56.2 Å². The van der Waals surface area contributed by atoms with Crippen LogP contribution in [0.3, 0.4) is 0 Å². The number of hydrogen-bond donors (Lipinski definition) is 4. The van der Waals surface area contributed by atoms with E-state index in [1.807, 2.05) is 30.3 Å². The van der Waals surface area contributed by atoms with Crippen molar-refractivity contribution in [2.24, 2.45) is 5.10 Å². The summed E-state index contributed by atoms with van der Waals surface area (Å²) in [5.41, 5.74) is 4.34. The maximum Gasteiger partial charge on any atom is 0.333 e. The van der Waals surface area contributed by atoms with Gasteiger partial charge in [-0.15, -0.1) is 6.58 Å². The predicted molar refractivity (Wildman–Crippen MR) is 143 cm³/mol. The Morgan fingerprint density at radius 3 is 2.50 bits per heavy atom. The van der Waals surface area contributed by atoms with Gasteiger partial charge in [0, 0.05) is 43.9 Å². The third kappa shape index (κ3) is 8.12. The van der Waals surface area contributed by atoms with E-state index in [0.717, 1.165) is 5.56 Å². The first kappa shape index (κ1) is 28.3. The van der Waals surface area contributed by atoms with Crippen LogP contribution >= 0.6 is 0 Å². The van der Waals surface area contributed by atoms with Gasteiger partial charge in [-0.2, -0.15) is 5.10 Å². The first-order valence-electron chi connectivity index (χ1n) is 12.2. The minimum Gasteiger partial charge on any atom is -0.507 e. The fourth-order valence-corrected chi connectivity index (χ4v) is 4.43.